The van der Waals surface area contributed by atoms with Crippen molar-refractivity contribution in [2.45, 2.75) is 0 Å². The van der Waals surface area contributed by atoms with E-state index in [1.165, 1.54) is 24.3 Å². The van der Waals surface area contributed by atoms with Crippen molar-refractivity contribution in [2.24, 2.45) is 0 Å². The van der Waals surface area contributed by atoms with Crippen LogP contribution in [0.3, 0.4) is 0 Å². The first kappa shape index (κ1) is 28.8. The largest absolute Gasteiger partial charge is 0.386 e. The van der Waals surface area contributed by atoms with Crippen LogP contribution in [0.2, 0.25) is 0 Å². The van der Waals surface area contributed by atoms with Gasteiger partial charge in [0, 0.05) is 22.3 Å². The molecule has 216 valence electrons. The molecule has 0 atom stereocenters. The maximum Gasteiger partial charge on any atom is 0.346 e. The minimum atomic E-state index is -0.965. The number of ketones is 4. The van der Waals surface area contributed by atoms with E-state index in [9.17, 15) is 28.8 Å². The number of Topliss-reactive ketones (excluding diaryl/α,β-unsaturated/α-hetero) is 4. The van der Waals surface area contributed by atoms with Crippen molar-refractivity contribution in [2.75, 3.05) is 0 Å². The van der Waals surface area contributed by atoms with E-state index >= 15 is 0 Å². The molecule has 0 fully saturated rings. The smallest absolute Gasteiger partial charge is 0.346 e. The number of carbonyl (C=O) groups excluding carboxylic acids is 6. The van der Waals surface area contributed by atoms with Gasteiger partial charge in [-0.25, -0.2) is 9.59 Å². The van der Waals surface area contributed by atoms with Crippen LogP contribution in [0.15, 0.2) is 133 Å². The summed E-state index contributed by atoms with van der Waals surface area (Å²) in [6.07, 6.45) is 0. The van der Waals surface area contributed by atoms with Gasteiger partial charge in [-0.05, 0) is 45.8 Å². The van der Waals surface area contributed by atoms with E-state index in [4.69, 9.17) is 4.74 Å². The molecule has 0 aliphatic rings. The lowest BCUT2D eigenvalue weighted by molar-refractivity contribution is 0.0400. The fourth-order valence-electron chi connectivity index (χ4n) is 5.23. The molecule has 0 aliphatic carbocycles. The summed E-state index contributed by atoms with van der Waals surface area (Å²) in [5, 5.41) is 1.36. The van der Waals surface area contributed by atoms with Gasteiger partial charge in [-0.15, -0.1) is 0 Å². The van der Waals surface area contributed by atoms with E-state index < -0.39 is 35.1 Å². The molecule has 6 aromatic rings. The van der Waals surface area contributed by atoms with Gasteiger partial charge in [-0.1, -0.05) is 109 Å². The van der Waals surface area contributed by atoms with Gasteiger partial charge < -0.3 is 4.74 Å². The molecule has 45 heavy (non-hydrogen) atoms. The summed E-state index contributed by atoms with van der Waals surface area (Å²) in [4.78, 5) is 78.7. The first-order valence-corrected chi connectivity index (χ1v) is 13.9. The third-order valence-electron chi connectivity index (χ3n) is 7.45. The summed E-state index contributed by atoms with van der Waals surface area (Å²) in [5.41, 5.74) is 0.742. The molecular formula is C38H22O7. The van der Waals surface area contributed by atoms with Gasteiger partial charge >= 0.3 is 11.9 Å². The lowest BCUT2D eigenvalue weighted by atomic mass is 9.93. The van der Waals surface area contributed by atoms with Crippen LogP contribution in [0.1, 0.15) is 62.1 Å². The van der Waals surface area contributed by atoms with Crippen LogP contribution in [0, 0.1) is 0 Å². The Hall–Kier alpha value is -6.34. The van der Waals surface area contributed by atoms with E-state index in [0.717, 1.165) is 0 Å². The van der Waals surface area contributed by atoms with Gasteiger partial charge in [0.25, 0.3) is 0 Å². The molecule has 6 aromatic carbocycles. The molecule has 0 bridgehead atoms. The number of benzene rings is 6. The maximum atomic E-state index is 13.3. The Morgan fingerprint density at radius 3 is 0.956 bits per heavy atom. The lowest BCUT2D eigenvalue weighted by Gasteiger charge is -2.12. The topological polar surface area (TPSA) is 112 Å². The summed E-state index contributed by atoms with van der Waals surface area (Å²) < 4.78 is 5.29. The van der Waals surface area contributed by atoms with Gasteiger partial charge in [-0.2, -0.15) is 0 Å². The Kier molecular flexibility index (Phi) is 7.74. The van der Waals surface area contributed by atoms with Crippen LogP contribution in [-0.4, -0.2) is 35.1 Å². The zero-order valence-corrected chi connectivity index (χ0v) is 23.6. The van der Waals surface area contributed by atoms with Crippen molar-refractivity contribution in [1.29, 1.82) is 0 Å². The highest BCUT2D eigenvalue weighted by atomic mass is 16.6. The zero-order valence-electron chi connectivity index (χ0n) is 23.6. The van der Waals surface area contributed by atoms with Gasteiger partial charge in [-0.3, -0.25) is 19.2 Å². The minimum absolute atomic E-state index is 0.0206. The SMILES string of the molecule is O=C(C(=O)c1ccc(C(=O)OC(=O)c2ccc(C(=O)C(=O)c3ccccc3)c3ccccc23)c2ccccc12)c1ccccc1. The second-order valence-electron chi connectivity index (χ2n) is 10.1. The summed E-state index contributed by atoms with van der Waals surface area (Å²) in [6.45, 7) is 0. The Bertz CT molecular complexity index is 2020. The number of rotatable bonds is 8. The molecule has 0 saturated heterocycles. The molecule has 0 aliphatic heterocycles. The molecule has 0 amide bonds. The second kappa shape index (κ2) is 12.1. The van der Waals surface area contributed by atoms with Crippen LogP contribution in [0.5, 0.6) is 0 Å². The Labute approximate surface area is 256 Å². The third kappa shape index (κ3) is 5.46. The molecule has 0 unspecified atom stereocenters. The molecular weight excluding hydrogens is 568 g/mol. The van der Waals surface area contributed by atoms with Gasteiger partial charge in [0.15, 0.2) is 0 Å². The Morgan fingerprint density at radius 2 is 0.600 bits per heavy atom. The first-order valence-electron chi connectivity index (χ1n) is 13.9. The van der Waals surface area contributed by atoms with Crippen molar-refractivity contribution < 1.29 is 33.5 Å². The number of ether oxygens (including phenoxy) is 1. The Balaban J connectivity index is 1.30. The standard InChI is InChI=1S/C38H22O7/c39-33(23-11-3-1-4-12-23)35(41)29-19-21-31(27-17-9-7-15-25(27)29)37(43)45-38(44)32-22-20-30(26-16-8-10-18-28(26)32)36(42)34(40)24-13-5-2-6-14-24/h1-22H. The monoisotopic (exact) mass is 590 g/mol. The van der Waals surface area contributed by atoms with E-state index in [0.29, 0.717) is 21.5 Å². The molecule has 7 heteroatoms. The van der Waals surface area contributed by atoms with Crippen LogP contribution in [-0.2, 0) is 4.74 Å². The van der Waals surface area contributed by atoms with Crippen molar-refractivity contribution in [3.8, 4) is 0 Å². The van der Waals surface area contributed by atoms with Crippen molar-refractivity contribution in [3.63, 3.8) is 0 Å². The Morgan fingerprint density at radius 1 is 0.311 bits per heavy atom. The molecule has 0 heterocycles. The van der Waals surface area contributed by atoms with Gasteiger partial charge in [0.05, 0.1) is 11.1 Å². The van der Waals surface area contributed by atoms with Crippen LogP contribution in [0.25, 0.3) is 21.5 Å². The van der Waals surface area contributed by atoms with Crippen LogP contribution < -0.4 is 0 Å². The van der Waals surface area contributed by atoms with Gasteiger partial charge in [0.1, 0.15) is 0 Å². The third-order valence-corrected chi connectivity index (χ3v) is 7.45. The molecule has 0 radical (unpaired) electrons. The quantitative estimate of drug-likeness (QED) is 0.0803. The molecule has 7 nitrogen and oxygen atoms in total. The number of esters is 2. The summed E-state index contributed by atoms with van der Waals surface area (Å²) in [7, 11) is 0. The van der Waals surface area contributed by atoms with Crippen molar-refractivity contribution >= 4 is 56.6 Å². The highest BCUT2D eigenvalue weighted by Crippen LogP contribution is 2.28. The molecule has 6 rings (SSSR count). The number of carbonyl (C=O) groups is 6. The number of hydrogen-bond acceptors (Lipinski definition) is 7. The molecule has 0 spiro atoms. The molecule has 0 saturated carbocycles. The van der Waals surface area contributed by atoms with E-state index in [-0.39, 0.29) is 33.4 Å². The number of hydrogen-bond donors (Lipinski definition) is 0. The zero-order chi connectivity index (χ0) is 31.5. The van der Waals surface area contributed by atoms with E-state index in [2.05, 4.69) is 0 Å². The fraction of sp³-hybridized carbons (Fsp3) is 0. The van der Waals surface area contributed by atoms with Crippen molar-refractivity contribution in [1.82, 2.24) is 0 Å². The lowest BCUT2D eigenvalue weighted by Crippen LogP contribution is -2.17. The van der Waals surface area contributed by atoms with Crippen LogP contribution in [0.4, 0.5) is 0 Å². The average molecular weight is 591 g/mol. The summed E-state index contributed by atoms with van der Waals surface area (Å²) >= 11 is 0. The normalized spacial score (nSPS) is 10.8. The van der Waals surface area contributed by atoms with Gasteiger partial charge in [0.2, 0.25) is 23.1 Å². The van der Waals surface area contributed by atoms with E-state index in [1.807, 2.05) is 0 Å². The summed E-state index contributed by atoms with van der Waals surface area (Å²) in [6, 6.07) is 34.8. The van der Waals surface area contributed by atoms with Crippen molar-refractivity contribution in [3.05, 3.63) is 167 Å². The maximum absolute atomic E-state index is 13.3. The summed E-state index contributed by atoms with van der Waals surface area (Å²) in [5.74, 6) is -4.78. The second-order valence-corrected chi connectivity index (χ2v) is 10.1. The predicted molar refractivity (Wildman–Crippen MR) is 168 cm³/mol. The molecule has 0 aromatic heterocycles. The number of fused-ring (bicyclic) bond motifs is 2. The van der Waals surface area contributed by atoms with E-state index in [1.54, 1.807) is 109 Å². The minimum Gasteiger partial charge on any atom is -0.386 e. The predicted octanol–water partition coefficient (Wildman–Crippen LogP) is 7.12. The fourth-order valence-corrected chi connectivity index (χ4v) is 5.23. The first-order chi connectivity index (χ1) is 21.8. The average Bonchev–Trinajstić information content (AvgIpc) is 3.10. The highest BCUT2D eigenvalue weighted by molar-refractivity contribution is 6.51. The highest BCUT2D eigenvalue weighted by Gasteiger charge is 2.26. The molecule has 0 N–H and O–H groups in total. The van der Waals surface area contributed by atoms with Crippen LogP contribution >= 0.6 is 0 Å².